The van der Waals surface area contributed by atoms with Gasteiger partial charge in [-0.1, -0.05) is 12.1 Å². The van der Waals surface area contributed by atoms with Gasteiger partial charge in [0.15, 0.2) is 0 Å². The van der Waals surface area contributed by atoms with E-state index in [-0.39, 0.29) is 5.82 Å². The fourth-order valence-corrected chi connectivity index (χ4v) is 5.50. The van der Waals surface area contributed by atoms with Gasteiger partial charge in [-0.2, -0.15) is 0 Å². The maximum absolute atomic E-state index is 14.8. The molecule has 3 heterocycles. The number of sulfonamides is 1. The SMILES string of the molecule is CS(=O)(=O)N1CCC(c2ccc3oc(-c4ccc(CN5CCC5)cc4F)cc3c2)CC1. The lowest BCUT2D eigenvalue weighted by atomic mass is 9.90. The van der Waals surface area contributed by atoms with Crippen LogP contribution < -0.4 is 0 Å². The minimum Gasteiger partial charge on any atom is -0.456 e. The summed E-state index contributed by atoms with van der Waals surface area (Å²) in [4.78, 5) is 2.30. The van der Waals surface area contributed by atoms with E-state index in [0.29, 0.717) is 30.3 Å². The number of hydrogen-bond donors (Lipinski definition) is 0. The van der Waals surface area contributed by atoms with Crippen molar-refractivity contribution in [2.45, 2.75) is 31.7 Å². The Labute approximate surface area is 182 Å². The van der Waals surface area contributed by atoms with Crippen molar-refractivity contribution < 1.29 is 17.2 Å². The molecule has 0 aliphatic carbocycles. The first kappa shape index (κ1) is 20.7. The van der Waals surface area contributed by atoms with Crippen LogP contribution in [-0.4, -0.2) is 50.1 Å². The van der Waals surface area contributed by atoms with Crippen molar-refractivity contribution in [3.63, 3.8) is 0 Å². The van der Waals surface area contributed by atoms with Crippen LogP contribution in [0.4, 0.5) is 4.39 Å². The number of piperidine rings is 1. The van der Waals surface area contributed by atoms with Gasteiger partial charge in [-0.25, -0.2) is 17.1 Å². The van der Waals surface area contributed by atoms with Crippen molar-refractivity contribution in [1.29, 1.82) is 0 Å². The minimum atomic E-state index is -3.13. The van der Waals surface area contributed by atoms with Crippen LogP contribution in [0.2, 0.25) is 0 Å². The van der Waals surface area contributed by atoms with Gasteiger partial charge in [0, 0.05) is 25.0 Å². The van der Waals surface area contributed by atoms with E-state index in [9.17, 15) is 12.8 Å². The van der Waals surface area contributed by atoms with E-state index in [2.05, 4.69) is 11.0 Å². The third-order valence-electron chi connectivity index (χ3n) is 6.59. The van der Waals surface area contributed by atoms with Crippen LogP contribution >= 0.6 is 0 Å². The smallest absolute Gasteiger partial charge is 0.211 e. The highest BCUT2D eigenvalue weighted by atomic mass is 32.2. The zero-order valence-corrected chi connectivity index (χ0v) is 18.5. The first-order chi connectivity index (χ1) is 14.9. The summed E-state index contributed by atoms with van der Waals surface area (Å²) in [6.45, 7) is 4.06. The minimum absolute atomic E-state index is 0.259. The Morgan fingerprint density at radius 2 is 1.81 bits per heavy atom. The average Bonchev–Trinajstić information content (AvgIpc) is 3.13. The molecular weight excluding hydrogens is 415 g/mol. The van der Waals surface area contributed by atoms with Gasteiger partial charge < -0.3 is 4.42 Å². The van der Waals surface area contributed by atoms with Gasteiger partial charge in [0.25, 0.3) is 0 Å². The number of halogens is 1. The maximum atomic E-state index is 14.8. The van der Waals surface area contributed by atoms with E-state index in [1.807, 2.05) is 30.3 Å². The topological polar surface area (TPSA) is 53.8 Å². The molecule has 0 amide bonds. The molecule has 0 bridgehead atoms. The molecule has 2 aromatic carbocycles. The molecule has 3 aromatic rings. The summed E-state index contributed by atoms with van der Waals surface area (Å²) in [5.74, 6) is 0.593. The Kier molecular flexibility index (Phi) is 5.36. The van der Waals surface area contributed by atoms with E-state index in [4.69, 9.17) is 4.42 Å². The van der Waals surface area contributed by atoms with Crippen LogP contribution in [0, 0.1) is 5.82 Å². The molecule has 0 spiro atoms. The third-order valence-corrected chi connectivity index (χ3v) is 7.89. The molecule has 31 heavy (non-hydrogen) atoms. The quantitative estimate of drug-likeness (QED) is 0.580. The average molecular weight is 443 g/mol. The highest BCUT2D eigenvalue weighted by Crippen LogP contribution is 2.35. The lowest BCUT2D eigenvalue weighted by Crippen LogP contribution is -2.37. The van der Waals surface area contributed by atoms with Gasteiger partial charge in [-0.05, 0) is 79.7 Å². The summed E-state index contributed by atoms with van der Waals surface area (Å²) < 4.78 is 45.8. The van der Waals surface area contributed by atoms with Gasteiger partial charge in [-0.3, -0.25) is 4.90 Å². The molecule has 0 atom stereocenters. The number of hydrogen-bond acceptors (Lipinski definition) is 4. The van der Waals surface area contributed by atoms with Crippen molar-refractivity contribution >= 4 is 21.0 Å². The molecule has 5 rings (SSSR count). The van der Waals surface area contributed by atoms with Crippen molar-refractivity contribution in [1.82, 2.24) is 9.21 Å². The molecule has 0 radical (unpaired) electrons. The fraction of sp³-hybridized carbons (Fsp3) is 0.417. The Morgan fingerprint density at radius 1 is 1.03 bits per heavy atom. The highest BCUT2D eigenvalue weighted by molar-refractivity contribution is 7.88. The standard InChI is InChI=1S/C24H27FN2O3S/c1-31(28,29)27-11-7-18(8-12-27)19-4-6-23-20(14-19)15-24(30-23)21-5-3-17(13-22(21)25)16-26-9-2-10-26/h3-6,13-15,18H,2,7-12,16H2,1H3. The molecule has 7 heteroatoms. The summed E-state index contributed by atoms with van der Waals surface area (Å²) in [5.41, 5.74) is 3.38. The predicted molar refractivity (Wildman–Crippen MR) is 120 cm³/mol. The number of likely N-dealkylation sites (tertiary alicyclic amines) is 1. The van der Waals surface area contributed by atoms with Crippen molar-refractivity contribution in [3.8, 4) is 11.3 Å². The molecule has 1 aromatic heterocycles. The largest absolute Gasteiger partial charge is 0.456 e. The molecule has 5 nitrogen and oxygen atoms in total. The maximum Gasteiger partial charge on any atom is 0.211 e. The second-order valence-electron chi connectivity index (χ2n) is 8.79. The predicted octanol–water partition coefficient (Wildman–Crippen LogP) is 4.58. The molecule has 0 N–H and O–H groups in total. The number of furan rings is 1. The first-order valence-electron chi connectivity index (χ1n) is 10.9. The summed E-state index contributed by atoms with van der Waals surface area (Å²) in [6, 6.07) is 13.4. The van der Waals surface area contributed by atoms with Crippen molar-refractivity contribution in [3.05, 3.63) is 59.4 Å². The van der Waals surface area contributed by atoms with E-state index >= 15 is 0 Å². The lowest BCUT2D eigenvalue weighted by Gasteiger charge is -2.30. The number of nitrogens with zero attached hydrogens (tertiary/aromatic N) is 2. The van der Waals surface area contributed by atoms with Crippen LogP contribution in [0.3, 0.4) is 0 Å². The fourth-order valence-electron chi connectivity index (χ4n) is 4.62. The van der Waals surface area contributed by atoms with E-state index < -0.39 is 10.0 Å². The van der Waals surface area contributed by atoms with Crippen LogP contribution in [0.15, 0.2) is 46.9 Å². The molecule has 2 aliphatic heterocycles. The van der Waals surface area contributed by atoms with Gasteiger partial charge in [0.2, 0.25) is 10.0 Å². The number of fused-ring (bicyclic) bond motifs is 1. The Hall–Kier alpha value is -2.22. The van der Waals surface area contributed by atoms with Crippen LogP contribution in [0.1, 0.15) is 36.3 Å². The zero-order chi connectivity index (χ0) is 21.6. The van der Waals surface area contributed by atoms with Crippen LogP contribution in [0.5, 0.6) is 0 Å². The first-order valence-corrected chi connectivity index (χ1v) is 12.7. The summed E-state index contributed by atoms with van der Waals surface area (Å²) >= 11 is 0. The molecule has 0 saturated carbocycles. The van der Waals surface area contributed by atoms with E-state index in [1.165, 1.54) is 18.2 Å². The van der Waals surface area contributed by atoms with Gasteiger partial charge in [-0.15, -0.1) is 0 Å². The van der Waals surface area contributed by atoms with Gasteiger partial charge in [0.1, 0.15) is 17.2 Å². The molecular formula is C24H27FN2O3S. The van der Waals surface area contributed by atoms with E-state index in [1.54, 1.807) is 10.4 Å². The molecule has 2 aliphatic rings. The monoisotopic (exact) mass is 442 g/mol. The normalized spacial score (nSPS) is 19.0. The second-order valence-corrected chi connectivity index (χ2v) is 10.8. The zero-order valence-electron chi connectivity index (χ0n) is 17.7. The molecule has 2 saturated heterocycles. The number of rotatable bonds is 5. The van der Waals surface area contributed by atoms with Crippen LogP contribution in [0.25, 0.3) is 22.3 Å². The second kappa shape index (κ2) is 8.04. The molecule has 0 unspecified atom stereocenters. The Bertz CT molecular complexity index is 1210. The Morgan fingerprint density at radius 3 is 2.45 bits per heavy atom. The van der Waals surface area contributed by atoms with E-state index in [0.717, 1.165) is 49.0 Å². The van der Waals surface area contributed by atoms with Crippen molar-refractivity contribution in [2.24, 2.45) is 0 Å². The Balaban J connectivity index is 1.35. The number of benzene rings is 2. The summed E-state index contributed by atoms with van der Waals surface area (Å²) in [5, 5.41) is 0.946. The van der Waals surface area contributed by atoms with Crippen LogP contribution in [-0.2, 0) is 16.6 Å². The third kappa shape index (κ3) is 4.27. The van der Waals surface area contributed by atoms with Gasteiger partial charge in [0.05, 0.1) is 11.8 Å². The molecule has 2 fully saturated rings. The summed E-state index contributed by atoms with van der Waals surface area (Å²) in [6.07, 6.45) is 4.09. The lowest BCUT2D eigenvalue weighted by molar-refractivity contribution is 0.172. The molecule has 164 valence electrons. The van der Waals surface area contributed by atoms with Crippen molar-refractivity contribution in [2.75, 3.05) is 32.4 Å². The highest BCUT2D eigenvalue weighted by Gasteiger charge is 2.26. The summed E-state index contributed by atoms with van der Waals surface area (Å²) in [7, 11) is -3.13. The van der Waals surface area contributed by atoms with Gasteiger partial charge >= 0.3 is 0 Å².